The lowest BCUT2D eigenvalue weighted by Gasteiger charge is -2.21. The summed E-state index contributed by atoms with van der Waals surface area (Å²) in [5, 5.41) is 4.96. The van der Waals surface area contributed by atoms with E-state index in [9.17, 15) is 23.2 Å². The molecule has 1 aliphatic carbocycles. The zero-order valence-corrected chi connectivity index (χ0v) is 17.3. The molecule has 0 spiro atoms. The highest BCUT2D eigenvalue weighted by atomic mass is 19.1. The van der Waals surface area contributed by atoms with E-state index in [1.807, 2.05) is 12.1 Å². The summed E-state index contributed by atoms with van der Waals surface area (Å²) in [6.45, 7) is 2.71. The highest BCUT2D eigenvalue weighted by Crippen LogP contribution is 2.24. The molecule has 2 N–H and O–H groups in total. The van der Waals surface area contributed by atoms with Crippen LogP contribution in [0.4, 0.5) is 14.5 Å². The number of benzene rings is 2. The number of nitrogens with one attached hydrogen (secondary N) is 2. The molecule has 3 rings (SSSR count). The Hall–Kier alpha value is -3.29. The molecule has 0 aliphatic heterocycles. The molecular formula is C23H24F2N2O4. The Bertz CT molecular complexity index is 987. The number of fused-ring (bicyclic) bond motifs is 1. The van der Waals surface area contributed by atoms with E-state index in [1.54, 1.807) is 19.9 Å². The zero-order chi connectivity index (χ0) is 22.5. The Morgan fingerprint density at radius 2 is 1.71 bits per heavy atom. The van der Waals surface area contributed by atoms with Gasteiger partial charge in [-0.1, -0.05) is 26.0 Å². The first-order valence-electron chi connectivity index (χ1n) is 10.1. The second-order valence-corrected chi connectivity index (χ2v) is 7.78. The van der Waals surface area contributed by atoms with E-state index in [0.29, 0.717) is 5.69 Å². The van der Waals surface area contributed by atoms with Crippen LogP contribution < -0.4 is 10.6 Å². The number of anilines is 1. The predicted molar refractivity (Wildman–Crippen MR) is 111 cm³/mol. The zero-order valence-electron chi connectivity index (χ0n) is 17.3. The molecule has 0 bridgehead atoms. The molecule has 0 unspecified atom stereocenters. The van der Waals surface area contributed by atoms with E-state index in [0.717, 1.165) is 37.5 Å². The van der Waals surface area contributed by atoms with Crippen LogP contribution in [0.5, 0.6) is 0 Å². The first-order valence-corrected chi connectivity index (χ1v) is 10.1. The molecule has 8 heteroatoms. The molecule has 0 radical (unpaired) electrons. The predicted octanol–water partition coefficient (Wildman–Crippen LogP) is 3.39. The van der Waals surface area contributed by atoms with Gasteiger partial charge in [-0.05, 0) is 60.6 Å². The largest absolute Gasteiger partial charge is 0.454 e. The second kappa shape index (κ2) is 9.68. The van der Waals surface area contributed by atoms with Crippen LogP contribution in [0.25, 0.3) is 0 Å². The van der Waals surface area contributed by atoms with Gasteiger partial charge in [0.2, 0.25) is 0 Å². The van der Waals surface area contributed by atoms with Crippen LogP contribution in [-0.4, -0.2) is 30.4 Å². The molecule has 2 aromatic carbocycles. The summed E-state index contributed by atoms with van der Waals surface area (Å²) in [7, 11) is 0. The van der Waals surface area contributed by atoms with E-state index in [4.69, 9.17) is 4.74 Å². The summed E-state index contributed by atoms with van der Waals surface area (Å²) in [5.74, 6) is -4.99. The van der Waals surface area contributed by atoms with Crippen molar-refractivity contribution < 1.29 is 27.9 Å². The fourth-order valence-electron chi connectivity index (χ4n) is 3.50. The van der Waals surface area contributed by atoms with Crippen molar-refractivity contribution in [3.05, 3.63) is 64.7 Å². The van der Waals surface area contributed by atoms with Crippen LogP contribution in [0, 0.1) is 17.6 Å². The van der Waals surface area contributed by atoms with Crippen molar-refractivity contribution in [3.8, 4) is 0 Å². The SMILES string of the molecule is CC(C)[C@H](NC(=O)c1c(F)cccc1F)C(=O)OCC(=O)Nc1ccc2c(c1)CCC2. The van der Waals surface area contributed by atoms with Gasteiger partial charge in [0.05, 0.1) is 0 Å². The van der Waals surface area contributed by atoms with E-state index in [-0.39, 0.29) is 0 Å². The molecule has 164 valence electrons. The molecule has 0 saturated carbocycles. The smallest absolute Gasteiger partial charge is 0.329 e. The summed E-state index contributed by atoms with van der Waals surface area (Å²) in [6, 6.07) is 7.52. The van der Waals surface area contributed by atoms with Crippen molar-refractivity contribution in [2.75, 3.05) is 11.9 Å². The normalized spacial score (nSPS) is 13.5. The number of rotatable bonds is 7. The van der Waals surface area contributed by atoms with E-state index in [2.05, 4.69) is 10.6 Å². The number of esters is 1. The van der Waals surface area contributed by atoms with Crippen LogP contribution in [0.3, 0.4) is 0 Å². The van der Waals surface area contributed by atoms with Gasteiger partial charge in [0, 0.05) is 5.69 Å². The van der Waals surface area contributed by atoms with Gasteiger partial charge < -0.3 is 15.4 Å². The molecule has 1 aliphatic rings. The van der Waals surface area contributed by atoms with Crippen LogP contribution in [-0.2, 0) is 27.2 Å². The maximum atomic E-state index is 13.8. The summed E-state index contributed by atoms with van der Waals surface area (Å²) >= 11 is 0. The quantitative estimate of drug-likeness (QED) is 0.660. The lowest BCUT2D eigenvalue weighted by Crippen LogP contribution is -2.46. The topological polar surface area (TPSA) is 84.5 Å². The molecular weight excluding hydrogens is 406 g/mol. The first-order chi connectivity index (χ1) is 14.8. The number of hydrogen-bond donors (Lipinski definition) is 2. The third kappa shape index (κ3) is 5.45. The average molecular weight is 430 g/mol. The Morgan fingerprint density at radius 1 is 1.03 bits per heavy atom. The summed E-state index contributed by atoms with van der Waals surface area (Å²) in [5.41, 5.74) is 2.30. The molecule has 31 heavy (non-hydrogen) atoms. The molecule has 6 nitrogen and oxygen atoms in total. The maximum absolute atomic E-state index is 13.8. The first kappa shape index (κ1) is 22.4. The maximum Gasteiger partial charge on any atom is 0.329 e. The van der Waals surface area contributed by atoms with Crippen molar-refractivity contribution in [1.82, 2.24) is 5.32 Å². The molecule has 0 heterocycles. The highest BCUT2D eigenvalue weighted by Gasteiger charge is 2.29. The summed E-state index contributed by atoms with van der Waals surface area (Å²) in [4.78, 5) is 36.9. The van der Waals surface area contributed by atoms with Gasteiger partial charge in [-0.2, -0.15) is 0 Å². The van der Waals surface area contributed by atoms with Gasteiger partial charge in [0.1, 0.15) is 23.2 Å². The van der Waals surface area contributed by atoms with E-state index < -0.39 is 53.5 Å². The van der Waals surface area contributed by atoms with Crippen molar-refractivity contribution in [1.29, 1.82) is 0 Å². The van der Waals surface area contributed by atoms with Crippen LogP contribution in [0.15, 0.2) is 36.4 Å². The van der Waals surface area contributed by atoms with Crippen molar-refractivity contribution in [3.63, 3.8) is 0 Å². The Morgan fingerprint density at radius 3 is 2.39 bits per heavy atom. The number of carbonyl (C=O) groups excluding carboxylic acids is 3. The second-order valence-electron chi connectivity index (χ2n) is 7.78. The number of hydrogen-bond acceptors (Lipinski definition) is 4. The number of aryl methyl sites for hydroxylation is 2. The lowest BCUT2D eigenvalue weighted by molar-refractivity contribution is -0.150. The third-order valence-electron chi connectivity index (χ3n) is 5.12. The summed E-state index contributed by atoms with van der Waals surface area (Å²) < 4.78 is 32.7. The molecule has 0 saturated heterocycles. The minimum absolute atomic E-state index is 0.439. The van der Waals surface area contributed by atoms with Crippen LogP contribution >= 0.6 is 0 Å². The average Bonchev–Trinajstić information content (AvgIpc) is 3.17. The van der Waals surface area contributed by atoms with Gasteiger partial charge in [-0.25, -0.2) is 13.6 Å². The van der Waals surface area contributed by atoms with E-state index >= 15 is 0 Å². The highest BCUT2D eigenvalue weighted by molar-refractivity contribution is 5.98. The molecule has 2 amide bonds. The van der Waals surface area contributed by atoms with Gasteiger partial charge in [0.15, 0.2) is 6.61 Å². The molecule has 0 aromatic heterocycles. The standard InChI is InChI=1S/C23H24F2N2O4/c1-13(2)21(27-22(29)20-17(24)7-4-8-18(20)25)23(30)31-12-19(28)26-16-10-9-14-5-3-6-15(14)11-16/h4,7-11,13,21H,3,5-6,12H2,1-2H3,(H,26,28)(H,27,29)/t21-/m0/s1. The van der Waals surface area contributed by atoms with Gasteiger partial charge in [0.25, 0.3) is 11.8 Å². The number of ether oxygens (including phenoxy) is 1. The Balaban J connectivity index is 1.57. The number of carbonyl (C=O) groups is 3. The number of amides is 2. The fraction of sp³-hybridized carbons (Fsp3) is 0.348. The van der Waals surface area contributed by atoms with Crippen molar-refractivity contribution >= 4 is 23.5 Å². The Labute approximate surface area is 179 Å². The van der Waals surface area contributed by atoms with Gasteiger partial charge in [-0.3, -0.25) is 9.59 Å². The molecule has 0 fully saturated rings. The van der Waals surface area contributed by atoms with Gasteiger partial charge in [-0.15, -0.1) is 0 Å². The monoisotopic (exact) mass is 430 g/mol. The lowest BCUT2D eigenvalue weighted by atomic mass is 10.0. The molecule has 1 atom stereocenters. The van der Waals surface area contributed by atoms with E-state index in [1.165, 1.54) is 11.1 Å². The minimum Gasteiger partial charge on any atom is -0.454 e. The van der Waals surface area contributed by atoms with Crippen molar-refractivity contribution in [2.24, 2.45) is 5.92 Å². The summed E-state index contributed by atoms with van der Waals surface area (Å²) in [6.07, 6.45) is 3.08. The Kier molecular flexibility index (Phi) is 6.99. The van der Waals surface area contributed by atoms with Gasteiger partial charge >= 0.3 is 5.97 Å². The number of halogens is 2. The van der Waals surface area contributed by atoms with Crippen LogP contribution in [0.1, 0.15) is 41.8 Å². The fourth-order valence-corrected chi connectivity index (χ4v) is 3.50. The molecule has 2 aromatic rings. The third-order valence-corrected chi connectivity index (χ3v) is 5.12. The minimum atomic E-state index is -1.18. The van der Waals surface area contributed by atoms with Crippen LogP contribution in [0.2, 0.25) is 0 Å². The van der Waals surface area contributed by atoms with Crippen molar-refractivity contribution in [2.45, 2.75) is 39.2 Å².